The van der Waals surface area contributed by atoms with Crippen LogP contribution in [0.3, 0.4) is 0 Å². The monoisotopic (exact) mass is 476 g/mol. The third kappa shape index (κ3) is 6.39. The smallest absolute Gasteiger partial charge is 0.309 e. The Morgan fingerprint density at radius 2 is 1.67 bits per heavy atom. The summed E-state index contributed by atoms with van der Waals surface area (Å²) >= 11 is 0. The van der Waals surface area contributed by atoms with E-state index in [2.05, 4.69) is 0 Å². The molecule has 0 atom stereocenters. The molecule has 9 heteroatoms. The van der Waals surface area contributed by atoms with E-state index in [-0.39, 0.29) is 35.8 Å². The predicted molar refractivity (Wildman–Crippen MR) is 121 cm³/mol. The van der Waals surface area contributed by atoms with Crippen LogP contribution in [-0.2, 0) is 30.9 Å². The van der Waals surface area contributed by atoms with Crippen molar-refractivity contribution in [2.75, 3.05) is 26.2 Å². The molecule has 1 saturated heterocycles. The fraction of sp³-hybridized carbons (Fsp3) is 0.417. The topological polar surface area (TPSA) is 84.0 Å². The summed E-state index contributed by atoms with van der Waals surface area (Å²) in [6.45, 7) is 4.22. The van der Waals surface area contributed by atoms with Crippen molar-refractivity contribution in [1.29, 1.82) is 0 Å². The van der Waals surface area contributed by atoms with Crippen LogP contribution in [-0.4, -0.2) is 55.7 Å². The highest BCUT2D eigenvalue weighted by atomic mass is 32.2. The summed E-state index contributed by atoms with van der Waals surface area (Å²) in [5.41, 5.74) is 1.49. The van der Waals surface area contributed by atoms with Gasteiger partial charge in [-0.1, -0.05) is 29.8 Å². The number of carbonyl (C=O) groups is 2. The van der Waals surface area contributed by atoms with Gasteiger partial charge in [-0.25, -0.2) is 12.8 Å². The average Bonchev–Trinajstić information content (AvgIpc) is 2.80. The first kappa shape index (κ1) is 24.9. The van der Waals surface area contributed by atoms with Gasteiger partial charge in [0.25, 0.3) is 0 Å². The maximum Gasteiger partial charge on any atom is 0.309 e. The Morgan fingerprint density at radius 1 is 1.06 bits per heavy atom. The van der Waals surface area contributed by atoms with Crippen molar-refractivity contribution < 1.29 is 27.1 Å². The Labute approximate surface area is 194 Å². The van der Waals surface area contributed by atoms with Crippen LogP contribution in [0.4, 0.5) is 4.39 Å². The highest BCUT2D eigenvalue weighted by Gasteiger charge is 2.32. The van der Waals surface area contributed by atoms with Crippen LogP contribution in [0.15, 0.2) is 53.4 Å². The number of hydrogen-bond acceptors (Lipinski definition) is 5. The summed E-state index contributed by atoms with van der Waals surface area (Å²) in [5.74, 6) is -1.27. The minimum Gasteiger partial charge on any atom is -0.466 e. The molecule has 0 spiro atoms. The zero-order valence-electron chi connectivity index (χ0n) is 18.9. The van der Waals surface area contributed by atoms with Gasteiger partial charge in [0.15, 0.2) is 0 Å². The van der Waals surface area contributed by atoms with E-state index in [1.165, 1.54) is 36.4 Å². The van der Waals surface area contributed by atoms with Gasteiger partial charge in [-0.05, 0) is 56.5 Å². The molecule has 1 amide bonds. The number of amides is 1. The highest BCUT2D eigenvalue weighted by Crippen LogP contribution is 2.22. The van der Waals surface area contributed by atoms with Crippen LogP contribution in [0.5, 0.6) is 0 Å². The van der Waals surface area contributed by atoms with Crippen LogP contribution in [0.2, 0.25) is 0 Å². The SMILES string of the molecule is CCOC(=O)C1CCN(C(=O)CN(Cc2ccc(F)cc2)S(=O)(=O)c2ccc(C)cc2)CC1. The van der Waals surface area contributed by atoms with Gasteiger partial charge in [0, 0.05) is 19.6 Å². The summed E-state index contributed by atoms with van der Waals surface area (Å²) < 4.78 is 46.2. The number of aryl methyl sites for hydroxylation is 1. The van der Waals surface area contributed by atoms with E-state index in [0.717, 1.165) is 9.87 Å². The molecule has 1 fully saturated rings. The molecular weight excluding hydrogens is 447 g/mol. The molecule has 1 heterocycles. The van der Waals surface area contributed by atoms with Crippen molar-refractivity contribution in [1.82, 2.24) is 9.21 Å². The summed E-state index contributed by atoms with van der Waals surface area (Å²) in [4.78, 5) is 26.7. The molecule has 2 aromatic rings. The number of rotatable bonds is 8. The number of carbonyl (C=O) groups excluding carboxylic acids is 2. The molecule has 0 aromatic heterocycles. The minimum atomic E-state index is -3.97. The molecule has 0 saturated carbocycles. The summed E-state index contributed by atoms with van der Waals surface area (Å²) in [7, 11) is -3.97. The van der Waals surface area contributed by atoms with E-state index in [4.69, 9.17) is 4.74 Å². The number of sulfonamides is 1. The first-order valence-electron chi connectivity index (χ1n) is 11.0. The minimum absolute atomic E-state index is 0.0679. The Morgan fingerprint density at radius 3 is 2.24 bits per heavy atom. The molecule has 0 bridgehead atoms. The lowest BCUT2D eigenvalue weighted by atomic mass is 9.97. The Hall–Kier alpha value is -2.78. The molecule has 0 N–H and O–H groups in total. The quantitative estimate of drug-likeness (QED) is 0.547. The van der Waals surface area contributed by atoms with E-state index in [1.54, 1.807) is 24.0 Å². The van der Waals surface area contributed by atoms with Crippen molar-refractivity contribution >= 4 is 21.9 Å². The van der Waals surface area contributed by atoms with E-state index in [9.17, 15) is 22.4 Å². The Balaban J connectivity index is 1.76. The van der Waals surface area contributed by atoms with Crippen LogP contribution >= 0.6 is 0 Å². The molecular formula is C24H29FN2O5S. The van der Waals surface area contributed by atoms with Gasteiger partial charge >= 0.3 is 5.97 Å². The maximum absolute atomic E-state index is 13.4. The number of halogens is 1. The number of esters is 1. The number of benzene rings is 2. The molecule has 0 aliphatic carbocycles. The first-order chi connectivity index (χ1) is 15.7. The van der Waals surface area contributed by atoms with E-state index >= 15 is 0 Å². The molecule has 2 aromatic carbocycles. The Bertz CT molecular complexity index is 1060. The molecule has 0 unspecified atom stereocenters. The number of nitrogens with zero attached hydrogens (tertiary/aromatic N) is 2. The number of piperidine rings is 1. The summed E-state index contributed by atoms with van der Waals surface area (Å²) in [5, 5.41) is 0. The van der Waals surface area contributed by atoms with Gasteiger partial charge in [-0.2, -0.15) is 4.31 Å². The fourth-order valence-electron chi connectivity index (χ4n) is 3.75. The number of hydrogen-bond donors (Lipinski definition) is 0. The molecule has 1 aliphatic rings. The molecule has 7 nitrogen and oxygen atoms in total. The normalized spacial score (nSPS) is 15.0. The number of ether oxygens (including phenoxy) is 1. The second kappa shape index (κ2) is 10.9. The lowest BCUT2D eigenvalue weighted by molar-refractivity contribution is -0.151. The van der Waals surface area contributed by atoms with Crippen molar-refractivity contribution in [3.05, 3.63) is 65.5 Å². The first-order valence-corrected chi connectivity index (χ1v) is 12.4. The lowest BCUT2D eigenvalue weighted by Crippen LogP contribution is -2.46. The van der Waals surface area contributed by atoms with Crippen molar-refractivity contribution in [2.24, 2.45) is 5.92 Å². The van der Waals surface area contributed by atoms with Crippen molar-refractivity contribution in [3.63, 3.8) is 0 Å². The predicted octanol–water partition coefficient (Wildman–Crippen LogP) is 3.13. The fourth-order valence-corrected chi connectivity index (χ4v) is 5.13. The van der Waals surface area contributed by atoms with E-state index < -0.39 is 15.8 Å². The van der Waals surface area contributed by atoms with Crippen molar-refractivity contribution in [2.45, 2.75) is 38.1 Å². The van der Waals surface area contributed by atoms with Gasteiger partial charge in [-0.15, -0.1) is 0 Å². The molecule has 33 heavy (non-hydrogen) atoms. The van der Waals surface area contributed by atoms with Gasteiger partial charge in [0.2, 0.25) is 15.9 Å². The van der Waals surface area contributed by atoms with Gasteiger partial charge in [0.05, 0.1) is 24.0 Å². The summed E-state index contributed by atoms with van der Waals surface area (Å²) in [6, 6.07) is 11.9. The molecule has 3 rings (SSSR count). The largest absolute Gasteiger partial charge is 0.466 e. The van der Waals surface area contributed by atoms with Gasteiger partial charge in [0.1, 0.15) is 5.82 Å². The van der Waals surface area contributed by atoms with Crippen LogP contribution < -0.4 is 0 Å². The lowest BCUT2D eigenvalue weighted by Gasteiger charge is -2.32. The van der Waals surface area contributed by atoms with E-state index in [1.807, 2.05) is 6.92 Å². The Kier molecular flexibility index (Phi) is 8.20. The third-order valence-electron chi connectivity index (χ3n) is 5.71. The second-order valence-corrected chi connectivity index (χ2v) is 10.1. The maximum atomic E-state index is 13.4. The standard InChI is InChI=1S/C24H29FN2O5S/c1-3-32-24(29)20-12-14-26(15-13-20)23(28)17-27(16-19-6-8-21(25)9-7-19)33(30,31)22-10-4-18(2)5-11-22/h4-11,20H,3,12-17H2,1-2H3. The highest BCUT2D eigenvalue weighted by molar-refractivity contribution is 7.89. The van der Waals surface area contributed by atoms with Gasteiger partial charge in [-0.3, -0.25) is 9.59 Å². The molecule has 0 radical (unpaired) electrons. The zero-order chi connectivity index (χ0) is 24.0. The number of likely N-dealkylation sites (tertiary alicyclic amines) is 1. The third-order valence-corrected chi connectivity index (χ3v) is 7.52. The van der Waals surface area contributed by atoms with Crippen LogP contribution in [0, 0.1) is 18.7 Å². The van der Waals surface area contributed by atoms with Crippen molar-refractivity contribution in [3.8, 4) is 0 Å². The van der Waals surface area contributed by atoms with Gasteiger partial charge < -0.3 is 9.64 Å². The van der Waals surface area contributed by atoms with Crippen LogP contribution in [0.25, 0.3) is 0 Å². The van der Waals surface area contributed by atoms with Crippen LogP contribution in [0.1, 0.15) is 30.9 Å². The zero-order valence-corrected chi connectivity index (χ0v) is 19.7. The second-order valence-electron chi connectivity index (χ2n) is 8.12. The average molecular weight is 477 g/mol. The summed E-state index contributed by atoms with van der Waals surface area (Å²) in [6.07, 6.45) is 0.959. The molecule has 178 valence electrons. The molecule has 1 aliphatic heterocycles. The van der Waals surface area contributed by atoms with E-state index in [0.29, 0.717) is 38.1 Å².